The molecule has 1 heterocycles. The van der Waals surface area contributed by atoms with Crippen LogP contribution in [-0.2, 0) is 14.3 Å². The van der Waals surface area contributed by atoms with Gasteiger partial charge in [0.05, 0.1) is 24.3 Å². The molecule has 3 unspecified atom stereocenters. The number of nitrogens with zero attached hydrogens (tertiary/aromatic N) is 2. The van der Waals surface area contributed by atoms with Gasteiger partial charge in [0.25, 0.3) is 0 Å². The Morgan fingerprint density at radius 2 is 1.97 bits per heavy atom. The first-order valence-corrected chi connectivity index (χ1v) is 13.1. The summed E-state index contributed by atoms with van der Waals surface area (Å²) in [6, 6.07) is 2.14. The minimum atomic E-state index is 0.0250. The lowest BCUT2D eigenvalue weighted by atomic mass is 9.48. The lowest BCUT2D eigenvalue weighted by molar-refractivity contribution is -0.195. The highest BCUT2D eigenvalue weighted by molar-refractivity contribution is 5.92. The molecule has 4 aliphatic carbocycles. The maximum Gasteiger partial charge on any atom is 0.157 e. The highest BCUT2D eigenvalue weighted by atomic mass is 16.7. The second-order valence-corrected chi connectivity index (χ2v) is 11.3. The highest BCUT2D eigenvalue weighted by Gasteiger charge is 2.58. The molecule has 1 aliphatic heterocycles. The first-order valence-electron chi connectivity index (χ1n) is 13.1. The van der Waals surface area contributed by atoms with E-state index in [1.807, 2.05) is 0 Å². The highest BCUT2D eigenvalue weighted by Crippen LogP contribution is 2.64. The van der Waals surface area contributed by atoms with Gasteiger partial charge in [-0.15, -0.1) is 0 Å². The molecule has 1 saturated heterocycles. The molecule has 0 spiro atoms. The van der Waals surface area contributed by atoms with Crippen molar-refractivity contribution >= 4 is 5.71 Å². The summed E-state index contributed by atoms with van der Waals surface area (Å²) in [5.74, 6) is 2.25. The fraction of sp³-hybridized carbons (Fsp3) is 0.852. The van der Waals surface area contributed by atoms with E-state index < -0.39 is 0 Å². The molecule has 4 fully saturated rings. The van der Waals surface area contributed by atoms with Crippen molar-refractivity contribution < 1.29 is 14.3 Å². The zero-order valence-corrected chi connectivity index (χ0v) is 20.0. The molecular weight excluding hydrogens is 400 g/mol. The molecule has 7 atom stereocenters. The van der Waals surface area contributed by atoms with E-state index in [4.69, 9.17) is 19.6 Å². The van der Waals surface area contributed by atoms with Crippen LogP contribution in [0.15, 0.2) is 16.8 Å². The molecule has 0 bridgehead atoms. The lowest BCUT2D eigenvalue weighted by Crippen LogP contribution is -2.50. The van der Waals surface area contributed by atoms with E-state index in [0.717, 1.165) is 44.1 Å². The summed E-state index contributed by atoms with van der Waals surface area (Å²) in [5, 5.41) is 13.3. The zero-order valence-electron chi connectivity index (χ0n) is 20.0. The predicted octanol–water partition coefficient (Wildman–Crippen LogP) is 6.15. The predicted molar refractivity (Wildman–Crippen MR) is 124 cm³/mol. The summed E-state index contributed by atoms with van der Waals surface area (Å²) >= 11 is 0. The monoisotopic (exact) mass is 440 g/mol. The fourth-order valence-corrected chi connectivity index (χ4v) is 7.93. The molecule has 0 aromatic carbocycles. The van der Waals surface area contributed by atoms with E-state index in [1.54, 1.807) is 5.57 Å². The molecule has 0 N–H and O–H groups in total. The van der Waals surface area contributed by atoms with Gasteiger partial charge in [-0.05, 0) is 93.8 Å². The SMILES string of the molecule is C[C@]12CC[C@H](OC3CCCCO3)CC1=CC[C@@H]1C2CC[C@]2(C)C(=NOCCC#N)CCC12. The van der Waals surface area contributed by atoms with Crippen LogP contribution in [0.3, 0.4) is 0 Å². The zero-order chi connectivity index (χ0) is 22.2. The number of hydrogen-bond donors (Lipinski definition) is 0. The van der Waals surface area contributed by atoms with Gasteiger partial charge in [-0.25, -0.2) is 0 Å². The number of allylic oxidation sites excluding steroid dienone is 1. The maximum absolute atomic E-state index is 8.75. The Hall–Kier alpha value is -1.38. The Kier molecular flexibility index (Phi) is 6.38. The van der Waals surface area contributed by atoms with E-state index in [2.05, 4.69) is 31.1 Å². The van der Waals surface area contributed by atoms with Gasteiger partial charge in [0.2, 0.25) is 0 Å². The fourth-order valence-electron chi connectivity index (χ4n) is 7.93. The topological polar surface area (TPSA) is 63.8 Å². The molecule has 32 heavy (non-hydrogen) atoms. The normalized spacial score (nSPS) is 44.7. The minimum Gasteiger partial charge on any atom is -0.395 e. The number of fused-ring (bicyclic) bond motifs is 5. The van der Waals surface area contributed by atoms with E-state index in [9.17, 15) is 0 Å². The lowest BCUT2D eigenvalue weighted by Gasteiger charge is -2.57. The van der Waals surface area contributed by atoms with Gasteiger partial charge in [0.1, 0.15) is 6.61 Å². The Bertz CT molecular complexity index is 795. The average molecular weight is 441 g/mol. The number of ether oxygens (including phenoxy) is 2. The number of oxime groups is 1. The van der Waals surface area contributed by atoms with Gasteiger partial charge in [0.15, 0.2) is 6.29 Å². The molecule has 5 aliphatic rings. The van der Waals surface area contributed by atoms with Crippen molar-refractivity contribution in [1.82, 2.24) is 0 Å². The summed E-state index contributed by atoms with van der Waals surface area (Å²) in [5.41, 5.74) is 3.43. The first kappa shape index (κ1) is 22.4. The van der Waals surface area contributed by atoms with Gasteiger partial charge < -0.3 is 14.3 Å². The van der Waals surface area contributed by atoms with Crippen LogP contribution >= 0.6 is 0 Å². The van der Waals surface area contributed by atoms with Crippen molar-refractivity contribution in [2.45, 2.75) is 103 Å². The largest absolute Gasteiger partial charge is 0.395 e. The quantitative estimate of drug-likeness (QED) is 0.292. The van der Waals surface area contributed by atoms with Crippen LogP contribution in [0.25, 0.3) is 0 Å². The standard InChI is InChI=1S/C27H40N2O3/c1-26-13-11-20(32-25-6-3-4-16-30-25)18-19(26)7-8-21-22-9-10-24(29-31-17-5-15-28)27(22,2)14-12-23(21)26/h7,20-23,25H,3-6,8-14,16-18H2,1-2H3/t20-,21-,22?,23?,25?,26-,27-/m0/s1. The molecule has 0 radical (unpaired) electrons. The van der Waals surface area contributed by atoms with Crippen molar-refractivity contribution in [2.24, 2.45) is 33.7 Å². The van der Waals surface area contributed by atoms with Gasteiger partial charge in [0, 0.05) is 12.0 Å². The van der Waals surface area contributed by atoms with Crippen molar-refractivity contribution in [2.75, 3.05) is 13.2 Å². The number of hydrogen-bond acceptors (Lipinski definition) is 5. The molecule has 0 aromatic rings. The van der Waals surface area contributed by atoms with E-state index in [0.29, 0.717) is 30.5 Å². The van der Waals surface area contributed by atoms with E-state index >= 15 is 0 Å². The Balaban J connectivity index is 1.27. The summed E-state index contributed by atoms with van der Waals surface area (Å²) in [4.78, 5) is 5.52. The van der Waals surface area contributed by atoms with Gasteiger partial charge in [-0.2, -0.15) is 5.26 Å². The summed E-state index contributed by atoms with van der Waals surface area (Å²) in [6.07, 6.45) is 16.4. The summed E-state index contributed by atoms with van der Waals surface area (Å²) in [7, 11) is 0. The van der Waals surface area contributed by atoms with Crippen LogP contribution in [-0.4, -0.2) is 31.3 Å². The van der Waals surface area contributed by atoms with Crippen LogP contribution in [0.2, 0.25) is 0 Å². The third kappa shape index (κ3) is 3.92. The van der Waals surface area contributed by atoms with E-state index in [1.165, 1.54) is 50.7 Å². The van der Waals surface area contributed by atoms with Crippen LogP contribution in [0.1, 0.15) is 90.9 Å². The average Bonchev–Trinajstić information content (AvgIpc) is 3.14. The Labute approximate surface area is 193 Å². The van der Waals surface area contributed by atoms with Crippen LogP contribution in [0.4, 0.5) is 0 Å². The molecule has 3 saturated carbocycles. The van der Waals surface area contributed by atoms with E-state index in [-0.39, 0.29) is 11.7 Å². The van der Waals surface area contributed by atoms with Gasteiger partial charge in [-0.1, -0.05) is 30.7 Å². The van der Waals surface area contributed by atoms with Crippen LogP contribution < -0.4 is 0 Å². The maximum atomic E-state index is 8.75. The first-order chi connectivity index (χ1) is 15.5. The second kappa shape index (κ2) is 9.11. The van der Waals surface area contributed by atoms with Gasteiger partial charge in [-0.3, -0.25) is 0 Å². The third-order valence-corrected chi connectivity index (χ3v) is 9.76. The molecule has 5 nitrogen and oxygen atoms in total. The van der Waals surface area contributed by atoms with Crippen LogP contribution in [0.5, 0.6) is 0 Å². The smallest absolute Gasteiger partial charge is 0.157 e. The molecule has 0 aromatic heterocycles. The second-order valence-electron chi connectivity index (χ2n) is 11.3. The Morgan fingerprint density at radius 3 is 2.78 bits per heavy atom. The van der Waals surface area contributed by atoms with Crippen molar-refractivity contribution in [3.8, 4) is 6.07 Å². The molecule has 5 rings (SSSR count). The van der Waals surface area contributed by atoms with Gasteiger partial charge >= 0.3 is 0 Å². The summed E-state index contributed by atoms with van der Waals surface area (Å²) in [6.45, 7) is 6.26. The summed E-state index contributed by atoms with van der Waals surface area (Å²) < 4.78 is 12.3. The number of rotatable bonds is 5. The number of nitriles is 1. The van der Waals surface area contributed by atoms with Crippen molar-refractivity contribution in [3.05, 3.63) is 11.6 Å². The Morgan fingerprint density at radius 1 is 1.12 bits per heavy atom. The minimum absolute atomic E-state index is 0.0250. The molecular formula is C27H40N2O3. The molecule has 5 heteroatoms. The van der Waals surface area contributed by atoms with Crippen LogP contribution in [0, 0.1) is 39.9 Å². The van der Waals surface area contributed by atoms with Crippen molar-refractivity contribution in [1.29, 1.82) is 5.26 Å². The molecule has 0 amide bonds. The third-order valence-electron chi connectivity index (χ3n) is 9.76. The van der Waals surface area contributed by atoms with Crippen molar-refractivity contribution in [3.63, 3.8) is 0 Å². The molecule has 176 valence electrons.